The van der Waals surface area contributed by atoms with Gasteiger partial charge in [-0.1, -0.05) is 6.07 Å². The second-order valence-electron chi connectivity index (χ2n) is 3.42. The molecule has 0 saturated heterocycles. The third-order valence-electron chi connectivity index (χ3n) is 2.29. The molecule has 1 rings (SSSR count). The molecule has 1 aromatic carbocycles. The van der Waals surface area contributed by atoms with Crippen molar-refractivity contribution in [1.29, 1.82) is 0 Å². The second-order valence-corrected chi connectivity index (χ2v) is 3.42. The van der Waals surface area contributed by atoms with Crippen LogP contribution in [0.4, 0.5) is 0 Å². The number of methoxy groups -OCH3 is 2. The van der Waals surface area contributed by atoms with Crippen molar-refractivity contribution in [3.63, 3.8) is 0 Å². The number of hydrogen-bond donors (Lipinski definition) is 0. The van der Waals surface area contributed by atoms with Crippen LogP contribution in [0.25, 0.3) is 6.08 Å². The predicted molar refractivity (Wildman–Crippen MR) is 63.6 cm³/mol. The molecule has 0 aliphatic heterocycles. The van der Waals surface area contributed by atoms with Crippen molar-refractivity contribution in [3.8, 4) is 0 Å². The van der Waals surface area contributed by atoms with E-state index in [-0.39, 0.29) is 5.97 Å². The largest absolute Gasteiger partial charge is 0.466 e. The highest BCUT2D eigenvalue weighted by Crippen LogP contribution is 2.13. The summed E-state index contributed by atoms with van der Waals surface area (Å²) < 4.78 is 9.11. The summed E-state index contributed by atoms with van der Waals surface area (Å²) in [5.74, 6) is -0.793. The zero-order valence-corrected chi connectivity index (χ0v) is 10.0. The van der Waals surface area contributed by atoms with E-state index >= 15 is 0 Å². The summed E-state index contributed by atoms with van der Waals surface area (Å²) in [6.45, 7) is 1.85. The van der Waals surface area contributed by atoms with E-state index in [0.717, 1.165) is 11.1 Å². The van der Waals surface area contributed by atoms with Crippen LogP contribution in [-0.4, -0.2) is 26.2 Å². The van der Waals surface area contributed by atoms with Crippen molar-refractivity contribution < 1.29 is 19.1 Å². The third-order valence-corrected chi connectivity index (χ3v) is 2.29. The van der Waals surface area contributed by atoms with Gasteiger partial charge in [-0.05, 0) is 36.3 Å². The van der Waals surface area contributed by atoms with Crippen molar-refractivity contribution in [3.05, 3.63) is 41.0 Å². The van der Waals surface area contributed by atoms with Gasteiger partial charge < -0.3 is 9.47 Å². The van der Waals surface area contributed by atoms with E-state index in [0.29, 0.717) is 5.56 Å². The monoisotopic (exact) mass is 234 g/mol. The molecule has 4 heteroatoms. The molecule has 0 N–H and O–H groups in total. The van der Waals surface area contributed by atoms with E-state index in [4.69, 9.17) is 0 Å². The first-order valence-corrected chi connectivity index (χ1v) is 5.03. The highest BCUT2D eigenvalue weighted by molar-refractivity contribution is 5.91. The number of aryl methyl sites for hydroxylation is 1. The van der Waals surface area contributed by atoms with Crippen molar-refractivity contribution in [2.75, 3.05) is 14.2 Å². The Bertz CT molecular complexity index is 460. The lowest BCUT2D eigenvalue weighted by Gasteiger charge is -2.03. The van der Waals surface area contributed by atoms with E-state index in [1.165, 1.54) is 20.3 Å². The number of benzene rings is 1. The lowest BCUT2D eigenvalue weighted by molar-refractivity contribution is -0.134. The van der Waals surface area contributed by atoms with E-state index in [1.807, 2.05) is 6.92 Å². The Morgan fingerprint density at radius 2 is 1.88 bits per heavy atom. The molecule has 17 heavy (non-hydrogen) atoms. The van der Waals surface area contributed by atoms with Gasteiger partial charge in [-0.3, -0.25) is 0 Å². The Kier molecular flexibility index (Phi) is 4.46. The first kappa shape index (κ1) is 13.0. The highest BCUT2D eigenvalue weighted by Gasteiger charge is 2.06. The van der Waals surface area contributed by atoms with Crippen molar-refractivity contribution in [2.45, 2.75) is 6.92 Å². The van der Waals surface area contributed by atoms with Gasteiger partial charge in [0.2, 0.25) is 0 Å². The summed E-state index contributed by atoms with van der Waals surface area (Å²) in [5, 5.41) is 0. The van der Waals surface area contributed by atoms with Crippen molar-refractivity contribution >= 4 is 18.0 Å². The average Bonchev–Trinajstić information content (AvgIpc) is 2.35. The Hall–Kier alpha value is -2.10. The zero-order chi connectivity index (χ0) is 12.8. The second kappa shape index (κ2) is 5.84. The maximum Gasteiger partial charge on any atom is 0.337 e. The topological polar surface area (TPSA) is 52.6 Å². The number of ether oxygens (including phenoxy) is 2. The summed E-state index contributed by atoms with van der Waals surface area (Å²) in [6, 6.07) is 5.11. The van der Waals surface area contributed by atoms with Crippen LogP contribution in [0.15, 0.2) is 24.3 Å². The number of hydrogen-bond acceptors (Lipinski definition) is 4. The van der Waals surface area contributed by atoms with Crippen LogP contribution in [0.5, 0.6) is 0 Å². The number of rotatable bonds is 3. The first-order valence-electron chi connectivity index (χ1n) is 5.03. The van der Waals surface area contributed by atoms with Gasteiger partial charge in [0.05, 0.1) is 19.8 Å². The minimum atomic E-state index is -0.415. The molecule has 0 saturated carbocycles. The van der Waals surface area contributed by atoms with Gasteiger partial charge in [0.15, 0.2) is 0 Å². The van der Waals surface area contributed by atoms with Gasteiger partial charge in [0.1, 0.15) is 0 Å². The summed E-state index contributed by atoms with van der Waals surface area (Å²) >= 11 is 0. The van der Waals surface area contributed by atoms with Gasteiger partial charge in [0, 0.05) is 6.08 Å². The molecular weight excluding hydrogens is 220 g/mol. The van der Waals surface area contributed by atoms with Crippen LogP contribution in [0.2, 0.25) is 0 Å². The fraction of sp³-hybridized carbons (Fsp3) is 0.231. The summed E-state index contributed by atoms with van der Waals surface area (Å²) in [4.78, 5) is 22.2. The summed E-state index contributed by atoms with van der Waals surface area (Å²) in [7, 11) is 2.66. The maximum atomic E-state index is 11.3. The van der Waals surface area contributed by atoms with E-state index < -0.39 is 5.97 Å². The molecule has 0 heterocycles. The van der Waals surface area contributed by atoms with E-state index in [9.17, 15) is 9.59 Å². The molecule has 0 amide bonds. The van der Waals surface area contributed by atoms with Gasteiger partial charge in [0.25, 0.3) is 0 Å². The van der Waals surface area contributed by atoms with Gasteiger partial charge in [-0.25, -0.2) is 9.59 Å². The average molecular weight is 234 g/mol. The molecule has 0 unspecified atom stereocenters. The molecule has 90 valence electrons. The van der Waals surface area contributed by atoms with Crippen LogP contribution in [0, 0.1) is 6.92 Å². The molecule has 0 atom stereocenters. The Morgan fingerprint density at radius 1 is 1.18 bits per heavy atom. The highest BCUT2D eigenvalue weighted by atomic mass is 16.5. The molecule has 4 nitrogen and oxygen atoms in total. The minimum absolute atomic E-state index is 0.378. The van der Waals surface area contributed by atoms with Crippen molar-refractivity contribution in [1.82, 2.24) is 0 Å². The molecule has 0 spiro atoms. The van der Waals surface area contributed by atoms with Gasteiger partial charge >= 0.3 is 11.9 Å². The first-order chi connectivity index (χ1) is 8.08. The fourth-order valence-corrected chi connectivity index (χ4v) is 1.33. The summed E-state index contributed by atoms with van der Waals surface area (Å²) in [5.41, 5.74) is 2.22. The van der Waals surface area contributed by atoms with Crippen molar-refractivity contribution in [2.24, 2.45) is 0 Å². The molecule has 0 aliphatic rings. The standard InChI is InChI=1S/C13H14O4/c1-9-8-11(13(15)17-3)5-4-10(9)6-7-12(14)16-2/h4-8H,1-3H3. The van der Waals surface area contributed by atoms with Gasteiger partial charge in [-0.15, -0.1) is 0 Å². The molecule has 0 aliphatic carbocycles. The third kappa shape index (κ3) is 3.45. The minimum Gasteiger partial charge on any atom is -0.466 e. The van der Waals surface area contributed by atoms with Crippen LogP contribution in [-0.2, 0) is 14.3 Å². The number of esters is 2. The van der Waals surface area contributed by atoms with Crippen LogP contribution in [0.1, 0.15) is 21.5 Å². The SMILES string of the molecule is COC(=O)C=Cc1ccc(C(=O)OC)cc1C. The number of carbonyl (C=O) groups is 2. The molecule has 0 radical (unpaired) electrons. The summed E-state index contributed by atoms with van der Waals surface area (Å²) in [6.07, 6.45) is 2.97. The fourth-order valence-electron chi connectivity index (χ4n) is 1.33. The van der Waals surface area contributed by atoms with E-state index in [2.05, 4.69) is 9.47 Å². The van der Waals surface area contributed by atoms with Gasteiger partial charge in [-0.2, -0.15) is 0 Å². The lowest BCUT2D eigenvalue weighted by Crippen LogP contribution is -2.01. The maximum absolute atomic E-state index is 11.3. The molecule has 0 aromatic heterocycles. The quantitative estimate of drug-likeness (QED) is 0.592. The van der Waals surface area contributed by atoms with Crippen LogP contribution < -0.4 is 0 Å². The smallest absolute Gasteiger partial charge is 0.337 e. The Labute approximate surface area is 99.8 Å². The Morgan fingerprint density at radius 3 is 2.41 bits per heavy atom. The molecule has 1 aromatic rings. The zero-order valence-electron chi connectivity index (χ0n) is 10.0. The molecule has 0 bridgehead atoms. The number of carbonyl (C=O) groups excluding carboxylic acids is 2. The Balaban J connectivity index is 2.94. The lowest BCUT2D eigenvalue weighted by atomic mass is 10.0. The van der Waals surface area contributed by atoms with E-state index in [1.54, 1.807) is 24.3 Å². The predicted octanol–water partition coefficient (Wildman–Crippen LogP) is 1.97. The van der Waals surface area contributed by atoms with Crippen LogP contribution >= 0.6 is 0 Å². The normalized spacial score (nSPS) is 10.3. The van der Waals surface area contributed by atoms with Crippen LogP contribution in [0.3, 0.4) is 0 Å². The molecule has 0 fully saturated rings. The molecular formula is C13H14O4.